The van der Waals surface area contributed by atoms with E-state index in [1.54, 1.807) is 80.7 Å². The van der Waals surface area contributed by atoms with Crippen molar-refractivity contribution < 1.29 is 71.7 Å². The Kier molecular flexibility index (Phi) is 26.6. The number of aromatic nitrogens is 8. The molecule has 0 atom stereocenters. The molecule has 0 radical (unpaired) electrons. The van der Waals surface area contributed by atoms with Crippen molar-refractivity contribution in [3.8, 4) is 90.1 Å². The van der Waals surface area contributed by atoms with Gasteiger partial charge in [0, 0.05) is 104 Å². The third kappa shape index (κ3) is 18.9. The number of pyridine rings is 8. The van der Waals surface area contributed by atoms with Gasteiger partial charge in [-0.05, 0) is 191 Å². The fourth-order valence-corrected chi connectivity index (χ4v) is 16.3. The molecule has 0 amide bonds. The summed E-state index contributed by atoms with van der Waals surface area (Å²) >= 11 is 0. The van der Waals surface area contributed by atoms with Crippen LogP contribution >= 0.6 is 0 Å². The van der Waals surface area contributed by atoms with Gasteiger partial charge in [0.2, 0.25) is 45.6 Å². The lowest BCUT2D eigenvalue weighted by Gasteiger charge is -2.22. The van der Waals surface area contributed by atoms with Crippen molar-refractivity contribution in [1.29, 1.82) is 0 Å². The van der Waals surface area contributed by atoms with Gasteiger partial charge >= 0.3 is 12.4 Å². The van der Waals surface area contributed by atoms with E-state index in [0.717, 1.165) is 11.1 Å². The van der Waals surface area contributed by atoms with Crippen molar-refractivity contribution in [1.82, 2.24) is 0 Å². The minimum atomic E-state index is -4.97. The van der Waals surface area contributed by atoms with E-state index in [9.17, 15) is 26.3 Å². The number of rotatable bonds is 8. The van der Waals surface area contributed by atoms with Crippen LogP contribution in [0.2, 0.25) is 0 Å². The molecule has 0 fully saturated rings. The Morgan fingerprint density at radius 1 is 0.280 bits per heavy atom. The Morgan fingerprint density at radius 2 is 0.534 bits per heavy atom. The molecule has 8 heterocycles. The van der Waals surface area contributed by atoms with E-state index in [-0.39, 0.29) is 66.9 Å². The minimum Gasteiger partial charge on any atom is -0.232 e. The smallest absolute Gasteiger partial charge is 0.232 e. The van der Waals surface area contributed by atoms with Gasteiger partial charge in [-0.1, -0.05) is 95.2 Å². The summed E-state index contributed by atoms with van der Waals surface area (Å²) in [4.78, 5) is 3.18. The lowest BCUT2D eigenvalue weighted by Crippen LogP contribution is -2.34. The highest BCUT2D eigenvalue weighted by Crippen LogP contribution is 2.49. The van der Waals surface area contributed by atoms with Crippen LogP contribution in [0.25, 0.3) is 94.9 Å². The first-order valence-electron chi connectivity index (χ1n) is 39.9. The lowest BCUT2D eigenvalue weighted by molar-refractivity contribution is -0.661. The molecular weight excluding hydrogens is 1490 g/mol. The Hall–Kier alpha value is -11.0. The Balaban J connectivity index is 0.000000180. The quantitative estimate of drug-likeness (QED) is 0.0826. The second-order valence-electron chi connectivity index (χ2n) is 35.9. The van der Waals surface area contributed by atoms with E-state index in [2.05, 4.69) is 260 Å². The molecule has 17 heteroatoms. The standard InChI is InChI=1S/C29H40N2.C27H36N2.C23H22F6N2.C22H21F2N3/c1-19-16-20(2)27(25-15-13-23(18-31(25)11)29(7,8)9)21(3)26(19)24-14-12-22(17-30(24)10)28(4,5)6;1-19-22(24-15-13-20(17-28(24)8)26(2,3)4)11-10-12-23(19)25-16-14-21(18-29(25)9)27(5,6)7;1-13-8-6-10-30(4)20(13)18-15(3)19(21-14(2)9-7-11-31(21)5)17(23(27,28)29)12-16(18)22(24,25)26;1-13-9-7-11-26(5)21(13)16-15(3)17(19(24)20(25-4)18(16)23)22-14(2)10-8-12-27(22)6/h12-18H,1-11H3;10-18H,1-9H3;6-12H,1-5H3;7-12H,1-3,5-6H3/q4*+2. The summed E-state index contributed by atoms with van der Waals surface area (Å²) < 4.78 is 131. The third-order valence-electron chi connectivity index (χ3n) is 22.7. The van der Waals surface area contributed by atoms with Crippen LogP contribution in [0, 0.1) is 87.4 Å². The molecule has 0 N–H and O–H groups in total. The van der Waals surface area contributed by atoms with Gasteiger partial charge in [-0.2, -0.15) is 26.3 Å². The molecule has 12 rings (SSSR count). The van der Waals surface area contributed by atoms with Crippen molar-refractivity contribution in [2.24, 2.45) is 56.4 Å². The van der Waals surface area contributed by atoms with Crippen LogP contribution in [-0.4, -0.2) is 0 Å². The largest absolute Gasteiger partial charge is 0.417 e. The summed E-state index contributed by atoms with van der Waals surface area (Å²) in [6.45, 7) is 53.6. The van der Waals surface area contributed by atoms with Crippen LogP contribution in [-0.2, 0) is 90.4 Å². The van der Waals surface area contributed by atoms with E-state index < -0.39 is 40.8 Å². The summed E-state index contributed by atoms with van der Waals surface area (Å²) in [6, 6.07) is 41.5. The maximum atomic E-state index is 15.3. The topological polar surface area (TPSA) is 35.4 Å². The number of benzene rings is 4. The summed E-state index contributed by atoms with van der Waals surface area (Å²) in [5.41, 5.74) is 23.3. The van der Waals surface area contributed by atoms with E-state index in [4.69, 9.17) is 6.57 Å². The van der Waals surface area contributed by atoms with Gasteiger partial charge in [-0.25, -0.2) is 50.2 Å². The molecule has 118 heavy (non-hydrogen) atoms. The normalized spacial score (nSPS) is 12.0. The van der Waals surface area contributed by atoms with Gasteiger partial charge in [-0.15, -0.1) is 0 Å². The summed E-state index contributed by atoms with van der Waals surface area (Å²) in [5.74, 6) is -1.63. The van der Waals surface area contributed by atoms with Crippen molar-refractivity contribution in [3.05, 3.63) is 289 Å². The van der Waals surface area contributed by atoms with Crippen molar-refractivity contribution >= 4 is 5.69 Å². The molecule has 0 spiro atoms. The molecule has 0 saturated heterocycles. The number of hydrogen-bond acceptors (Lipinski definition) is 0. The highest BCUT2D eigenvalue weighted by Gasteiger charge is 2.46. The Bertz CT molecular complexity index is 5490. The van der Waals surface area contributed by atoms with E-state index in [1.807, 2.05) is 64.6 Å². The first-order valence-corrected chi connectivity index (χ1v) is 39.9. The monoisotopic (exact) mass is 1610 g/mol. The third-order valence-corrected chi connectivity index (χ3v) is 22.7. The number of hydrogen-bond donors (Lipinski definition) is 0. The van der Waals surface area contributed by atoms with Gasteiger partial charge < -0.3 is 0 Å². The molecular formula is C101H119F8N9+8. The summed E-state index contributed by atoms with van der Waals surface area (Å²) in [6.07, 6.45) is 5.94. The van der Waals surface area contributed by atoms with Crippen molar-refractivity contribution in [3.63, 3.8) is 0 Å². The highest BCUT2D eigenvalue weighted by molar-refractivity contribution is 5.84. The zero-order chi connectivity index (χ0) is 88.0. The molecule has 12 aromatic rings. The predicted octanol–water partition coefficient (Wildman–Crippen LogP) is 21.8. The molecule has 9 nitrogen and oxygen atoms in total. The lowest BCUT2D eigenvalue weighted by atomic mass is 9.85. The van der Waals surface area contributed by atoms with Gasteiger partial charge in [0.15, 0.2) is 49.6 Å². The van der Waals surface area contributed by atoms with Crippen LogP contribution in [0.4, 0.5) is 40.8 Å². The second-order valence-corrected chi connectivity index (χ2v) is 35.9. The van der Waals surface area contributed by atoms with Gasteiger partial charge in [-0.3, -0.25) is 0 Å². The van der Waals surface area contributed by atoms with Crippen LogP contribution in [0.15, 0.2) is 177 Å². The molecule has 0 aliphatic rings. The Morgan fingerprint density at radius 3 is 0.780 bits per heavy atom. The van der Waals surface area contributed by atoms with Gasteiger partial charge in [0.05, 0.1) is 51.1 Å². The number of aryl methyl sites for hydroxylation is 14. The minimum absolute atomic E-state index is 0.0723. The van der Waals surface area contributed by atoms with Crippen molar-refractivity contribution in [2.75, 3.05) is 0 Å². The molecule has 8 aromatic heterocycles. The Labute approximate surface area is 695 Å². The first-order chi connectivity index (χ1) is 54.6. The molecule has 4 aromatic carbocycles. The van der Waals surface area contributed by atoms with Gasteiger partial charge in [0.25, 0.3) is 5.69 Å². The van der Waals surface area contributed by atoms with Crippen LogP contribution in [0.1, 0.15) is 172 Å². The van der Waals surface area contributed by atoms with Crippen molar-refractivity contribution in [2.45, 2.75) is 186 Å². The van der Waals surface area contributed by atoms with Crippen LogP contribution in [0.5, 0.6) is 0 Å². The maximum Gasteiger partial charge on any atom is 0.417 e. The highest BCUT2D eigenvalue weighted by atomic mass is 19.4. The average molecular weight is 1610 g/mol. The molecule has 0 bridgehead atoms. The summed E-state index contributed by atoms with van der Waals surface area (Å²) in [7, 11) is 15.4. The molecule has 0 aliphatic heterocycles. The van der Waals surface area contributed by atoms with E-state index in [0.29, 0.717) is 28.1 Å². The average Bonchev–Trinajstić information content (AvgIpc) is 0.735. The van der Waals surface area contributed by atoms with Crippen LogP contribution in [0.3, 0.4) is 0 Å². The zero-order valence-electron chi connectivity index (χ0n) is 74.8. The predicted molar refractivity (Wildman–Crippen MR) is 457 cm³/mol. The van der Waals surface area contributed by atoms with E-state index in [1.165, 1.54) is 106 Å². The SMILES string of the molecule is Cc1c(-c2ccc(C(C)(C)C)c[n+]2C)cccc1-c1ccc(C(C)(C)C)c[n+]1C.Cc1cc(C)c(-c2ccc(C(C)(C)C)c[n+]2C)c(C)c1-c1ccc(C(C)(C)C)c[n+]1C.Cc1ccc[n+](C)c1-c1c(C(F)(F)F)cc(C(F)(F)F)c(-c2c(C)ccc[n+]2C)c1C.[C-]#[N+]c1c(F)c(-c2c(C)ccc[n+]2C)c(C)c(-c2c(C)ccc[n+]2C)c1F. The fraction of sp³-hybridized carbons (Fsp3) is 0.356. The zero-order valence-corrected chi connectivity index (χ0v) is 74.8. The molecule has 0 saturated carbocycles. The van der Waals surface area contributed by atoms with Crippen LogP contribution < -0.4 is 36.5 Å². The number of halogens is 8. The summed E-state index contributed by atoms with van der Waals surface area (Å²) in [5, 5.41) is 0. The maximum absolute atomic E-state index is 15.3. The first kappa shape index (κ1) is 90.9. The van der Waals surface area contributed by atoms with Gasteiger partial charge in [0.1, 0.15) is 68.0 Å². The fourth-order valence-electron chi connectivity index (χ4n) is 16.3. The molecule has 0 aliphatic carbocycles. The second kappa shape index (κ2) is 34.5. The molecule has 0 unspecified atom stereocenters. The number of alkyl halides is 6. The van der Waals surface area contributed by atoms with E-state index >= 15 is 8.78 Å². The number of nitrogens with zero attached hydrogens (tertiary/aromatic N) is 9. The molecule has 616 valence electrons.